The van der Waals surface area contributed by atoms with Gasteiger partial charge in [0.2, 0.25) is 11.0 Å². The Hall–Kier alpha value is -1.85. The van der Waals surface area contributed by atoms with Crippen LogP contribution in [-0.2, 0) is 16.1 Å². The quantitative estimate of drug-likeness (QED) is 0.711. The summed E-state index contributed by atoms with van der Waals surface area (Å²) in [4.78, 5) is 14.7. The first-order valence-electron chi connectivity index (χ1n) is 6.99. The van der Waals surface area contributed by atoms with E-state index in [-0.39, 0.29) is 19.0 Å². The van der Waals surface area contributed by atoms with Crippen LogP contribution in [0.3, 0.4) is 0 Å². The summed E-state index contributed by atoms with van der Waals surface area (Å²) < 4.78 is 4.84. The standard InChI is InChI=1S/C11H16N8O2S.ClH/c1-2-21-8(20)7-19-16-9(13-17-19)10-14-15-11(22-10)18-5-3-12-4-6-18;/h12H,2-7H2,1H3;1H. The van der Waals surface area contributed by atoms with Gasteiger partial charge in [-0.3, -0.25) is 0 Å². The number of hydrogen-bond acceptors (Lipinski definition) is 10. The van der Waals surface area contributed by atoms with Crippen LogP contribution >= 0.6 is 23.7 Å². The van der Waals surface area contributed by atoms with Gasteiger partial charge in [0.15, 0.2) is 11.6 Å². The number of hydrogen-bond donors (Lipinski definition) is 1. The molecule has 0 unspecified atom stereocenters. The van der Waals surface area contributed by atoms with Crippen LogP contribution in [0.1, 0.15) is 6.92 Å². The van der Waals surface area contributed by atoms with E-state index in [4.69, 9.17) is 4.74 Å². The number of carbonyl (C=O) groups excluding carboxylic acids is 1. The fraction of sp³-hybridized carbons (Fsp3) is 0.636. The van der Waals surface area contributed by atoms with Crippen molar-refractivity contribution in [2.75, 3.05) is 37.7 Å². The van der Waals surface area contributed by atoms with Crippen molar-refractivity contribution in [3.63, 3.8) is 0 Å². The second-order valence-corrected chi connectivity index (χ2v) is 5.53. The maximum Gasteiger partial charge on any atom is 0.329 e. The van der Waals surface area contributed by atoms with Gasteiger partial charge in [-0.05, 0) is 12.1 Å². The monoisotopic (exact) mass is 360 g/mol. The summed E-state index contributed by atoms with van der Waals surface area (Å²) in [5.74, 6) is -0.0339. The van der Waals surface area contributed by atoms with Crippen molar-refractivity contribution in [3.05, 3.63) is 0 Å². The van der Waals surface area contributed by atoms with E-state index in [1.165, 1.54) is 16.1 Å². The minimum Gasteiger partial charge on any atom is -0.465 e. The zero-order valence-corrected chi connectivity index (χ0v) is 14.1. The molecule has 3 rings (SSSR count). The van der Waals surface area contributed by atoms with Gasteiger partial charge in [-0.15, -0.1) is 32.8 Å². The second kappa shape index (κ2) is 8.13. The first kappa shape index (κ1) is 17.5. The summed E-state index contributed by atoms with van der Waals surface area (Å²) in [5, 5.41) is 24.9. The van der Waals surface area contributed by atoms with Gasteiger partial charge in [0.1, 0.15) is 0 Å². The number of tetrazole rings is 1. The largest absolute Gasteiger partial charge is 0.465 e. The molecule has 0 atom stereocenters. The number of nitrogens with one attached hydrogen (secondary N) is 1. The Morgan fingerprint density at radius 1 is 1.30 bits per heavy atom. The number of halogens is 1. The third kappa shape index (κ3) is 4.33. The molecule has 2 aromatic rings. The van der Waals surface area contributed by atoms with E-state index in [2.05, 4.69) is 35.8 Å². The molecule has 0 aliphatic carbocycles. The predicted molar refractivity (Wildman–Crippen MR) is 85.7 cm³/mol. The van der Waals surface area contributed by atoms with Crippen molar-refractivity contribution in [2.45, 2.75) is 13.5 Å². The maximum absolute atomic E-state index is 11.4. The molecular weight excluding hydrogens is 344 g/mol. The fourth-order valence-electron chi connectivity index (χ4n) is 2.01. The van der Waals surface area contributed by atoms with Crippen LogP contribution in [-0.4, -0.2) is 69.2 Å². The Kier molecular flexibility index (Phi) is 6.19. The van der Waals surface area contributed by atoms with Crippen molar-refractivity contribution < 1.29 is 9.53 Å². The van der Waals surface area contributed by atoms with Crippen molar-refractivity contribution in [1.82, 2.24) is 35.7 Å². The van der Waals surface area contributed by atoms with Crippen molar-refractivity contribution in [2.24, 2.45) is 0 Å². The summed E-state index contributed by atoms with van der Waals surface area (Å²) in [6, 6.07) is 0. The van der Waals surface area contributed by atoms with Gasteiger partial charge < -0.3 is 15.0 Å². The molecule has 0 bridgehead atoms. The molecule has 1 aliphatic heterocycles. The number of rotatable bonds is 5. The highest BCUT2D eigenvalue weighted by molar-refractivity contribution is 7.18. The molecule has 0 spiro atoms. The average Bonchev–Trinajstić information content (AvgIpc) is 3.17. The number of aromatic nitrogens is 6. The minimum atomic E-state index is -0.398. The number of esters is 1. The summed E-state index contributed by atoms with van der Waals surface area (Å²) in [5.41, 5.74) is 0. The molecule has 12 heteroatoms. The Morgan fingerprint density at radius 3 is 2.83 bits per heavy atom. The van der Waals surface area contributed by atoms with Crippen LogP contribution in [0.15, 0.2) is 0 Å². The molecule has 0 saturated carbocycles. The first-order chi connectivity index (χ1) is 10.8. The van der Waals surface area contributed by atoms with Gasteiger partial charge in [0, 0.05) is 26.2 Å². The van der Waals surface area contributed by atoms with Gasteiger partial charge in [-0.2, -0.15) is 4.80 Å². The van der Waals surface area contributed by atoms with E-state index in [9.17, 15) is 4.79 Å². The molecule has 3 heterocycles. The lowest BCUT2D eigenvalue weighted by atomic mass is 10.4. The highest BCUT2D eigenvalue weighted by atomic mass is 35.5. The van der Waals surface area contributed by atoms with Crippen LogP contribution in [0, 0.1) is 0 Å². The number of nitrogens with zero attached hydrogens (tertiary/aromatic N) is 7. The molecule has 1 N–H and O–H groups in total. The van der Waals surface area contributed by atoms with Crippen LogP contribution in [0.4, 0.5) is 5.13 Å². The normalized spacial score (nSPS) is 14.4. The SMILES string of the molecule is CCOC(=O)Cn1nnc(-c2nnc(N3CCNCC3)s2)n1.Cl. The van der Waals surface area contributed by atoms with E-state index in [1.54, 1.807) is 6.92 Å². The molecule has 10 nitrogen and oxygen atoms in total. The Morgan fingerprint density at radius 2 is 2.09 bits per heavy atom. The van der Waals surface area contributed by atoms with Crippen LogP contribution in [0.25, 0.3) is 10.8 Å². The highest BCUT2D eigenvalue weighted by Crippen LogP contribution is 2.26. The van der Waals surface area contributed by atoms with E-state index in [1.807, 2.05) is 0 Å². The minimum absolute atomic E-state index is 0. The van der Waals surface area contributed by atoms with Crippen LogP contribution in [0.2, 0.25) is 0 Å². The molecule has 1 saturated heterocycles. The first-order valence-corrected chi connectivity index (χ1v) is 7.81. The zero-order chi connectivity index (χ0) is 15.4. The number of piperazine rings is 1. The third-order valence-electron chi connectivity index (χ3n) is 3.02. The number of carbonyl (C=O) groups is 1. The van der Waals surface area contributed by atoms with Crippen LogP contribution < -0.4 is 10.2 Å². The summed E-state index contributed by atoms with van der Waals surface area (Å²) >= 11 is 1.42. The third-order valence-corrected chi connectivity index (χ3v) is 4.00. The van der Waals surface area contributed by atoms with E-state index in [0.717, 1.165) is 31.3 Å². The summed E-state index contributed by atoms with van der Waals surface area (Å²) in [6.45, 7) is 5.67. The lowest BCUT2D eigenvalue weighted by Gasteiger charge is -2.26. The van der Waals surface area contributed by atoms with E-state index >= 15 is 0 Å². The summed E-state index contributed by atoms with van der Waals surface area (Å²) in [6.07, 6.45) is 0. The molecule has 126 valence electrons. The number of ether oxygens (including phenoxy) is 1. The van der Waals surface area contributed by atoms with Gasteiger partial charge in [0.05, 0.1) is 6.61 Å². The fourth-order valence-corrected chi connectivity index (χ4v) is 2.83. The molecule has 0 radical (unpaired) electrons. The van der Waals surface area contributed by atoms with E-state index in [0.29, 0.717) is 17.4 Å². The smallest absolute Gasteiger partial charge is 0.329 e. The molecule has 2 aromatic heterocycles. The maximum atomic E-state index is 11.4. The Labute approximate surface area is 142 Å². The van der Waals surface area contributed by atoms with Crippen molar-refractivity contribution >= 4 is 34.8 Å². The van der Waals surface area contributed by atoms with Gasteiger partial charge >= 0.3 is 5.97 Å². The van der Waals surface area contributed by atoms with Crippen molar-refractivity contribution in [3.8, 4) is 10.8 Å². The Bertz CT molecular complexity index is 642. The van der Waals surface area contributed by atoms with Crippen LogP contribution in [0.5, 0.6) is 0 Å². The zero-order valence-electron chi connectivity index (χ0n) is 12.5. The molecule has 1 fully saturated rings. The molecule has 23 heavy (non-hydrogen) atoms. The lowest BCUT2D eigenvalue weighted by Crippen LogP contribution is -2.43. The molecular formula is C11H17ClN8O2S. The van der Waals surface area contributed by atoms with Gasteiger partial charge in [-0.1, -0.05) is 11.3 Å². The Balaban J connectivity index is 0.00000192. The second-order valence-electron chi connectivity index (χ2n) is 4.58. The highest BCUT2D eigenvalue weighted by Gasteiger charge is 2.18. The van der Waals surface area contributed by atoms with Gasteiger partial charge in [-0.25, -0.2) is 4.79 Å². The predicted octanol–water partition coefficient (Wildman–Crippen LogP) is -0.414. The molecule has 1 aliphatic rings. The molecule has 0 aromatic carbocycles. The molecule has 0 amide bonds. The van der Waals surface area contributed by atoms with E-state index < -0.39 is 5.97 Å². The summed E-state index contributed by atoms with van der Waals surface area (Å²) in [7, 11) is 0. The van der Waals surface area contributed by atoms with Crippen molar-refractivity contribution in [1.29, 1.82) is 0 Å². The van der Waals surface area contributed by atoms with Gasteiger partial charge in [0.25, 0.3) is 0 Å². The average molecular weight is 361 g/mol. The lowest BCUT2D eigenvalue weighted by molar-refractivity contribution is -0.144. The topological polar surface area (TPSA) is 111 Å². The number of anilines is 1.